The van der Waals surface area contributed by atoms with Crippen molar-refractivity contribution >= 4 is 30.0 Å². The first-order valence-electron chi connectivity index (χ1n) is 14.7. The van der Waals surface area contributed by atoms with Gasteiger partial charge >= 0.3 is 11.9 Å². The number of aliphatic hydroxyl groups is 1. The van der Waals surface area contributed by atoms with E-state index in [1.165, 1.54) is 0 Å². The number of amidine groups is 1. The molecule has 13 heteroatoms. The van der Waals surface area contributed by atoms with Gasteiger partial charge in [0.1, 0.15) is 42.4 Å². The van der Waals surface area contributed by atoms with Crippen LogP contribution >= 0.6 is 0 Å². The number of carbonyl (C=O) groups excluding carboxylic acids is 3. The fourth-order valence-corrected chi connectivity index (χ4v) is 4.93. The number of nitrogens with zero attached hydrogens (tertiary/aromatic N) is 1. The Labute approximate surface area is 252 Å². The zero-order chi connectivity index (χ0) is 32.2. The van der Waals surface area contributed by atoms with E-state index in [-0.39, 0.29) is 18.4 Å². The van der Waals surface area contributed by atoms with Gasteiger partial charge in [0.05, 0.1) is 11.4 Å². The van der Waals surface area contributed by atoms with Gasteiger partial charge < -0.3 is 40.1 Å². The molecular formula is C30H47N5O8. The van der Waals surface area contributed by atoms with Gasteiger partial charge in [-0.2, -0.15) is 0 Å². The number of rotatable bonds is 12. The molecule has 240 valence electrons. The van der Waals surface area contributed by atoms with Crippen LogP contribution in [0.15, 0.2) is 17.1 Å². The second kappa shape index (κ2) is 13.7. The molecule has 13 nitrogen and oxygen atoms in total. The Balaban J connectivity index is 1.85. The molecule has 1 amide bonds. The number of ether oxygens (including phenoxy) is 4. The molecule has 0 unspecified atom stereocenters. The van der Waals surface area contributed by atoms with Crippen molar-refractivity contribution in [2.75, 3.05) is 13.2 Å². The highest BCUT2D eigenvalue weighted by Crippen LogP contribution is 2.41. The van der Waals surface area contributed by atoms with E-state index in [0.29, 0.717) is 30.3 Å². The van der Waals surface area contributed by atoms with Gasteiger partial charge in [-0.1, -0.05) is 27.2 Å². The largest absolute Gasteiger partial charge is 0.463 e. The summed E-state index contributed by atoms with van der Waals surface area (Å²) in [5.41, 5.74) is 3.62. The molecule has 1 aliphatic carbocycles. The maximum absolute atomic E-state index is 13.0. The first-order chi connectivity index (χ1) is 20.0. The lowest BCUT2D eigenvalue weighted by atomic mass is 9.83. The van der Waals surface area contributed by atoms with Gasteiger partial charge in [0.15, 0.2) is 11.9 Å². The maximum atomic E-state index is 13.0. The number of amides is 1. The van der Waals surface area contributed by atoms with Crippen molar-refractivity contribution in [2.45, 2.75) is 110 Å². The normalized spacial score (nSPS) is 25.5. The highest BCUT2D eigenvalue weighted by atomic mass is 16.6. The molecule has 2 heterocycles. The summed E-state index contributed by atoms with van der Waals surface area (Å²) in [5, 5.41) is 21.7. The van der Waals surface area contributed by atoms with Crippen LogP contribution in [0.5, 0.6) is 0 Å². The predicted octanol–water partition coefficient (Wildman–Crippen LogP) is 2.29. The molecule has 1 aliphatic heterocycles. The minimum atomic E-state index is -1.45. The molecule has 1 saturated carbocycles. The lowest BCUT2D eigenvalue weighted by molar-refractivity contribution is -0.164. The highest BCUT2D eigenvalue weighted by molar-refractivity contribution is 6.10. The number of hydrogen-bond acceptors (Lipinski definition) is 10. The second-order valence-electron chi connectivity index (χ2n) is 12.9. The molecule has 5 atom stereocenters. The molecule has 3 rings (SSSR count). The van der Waals surface area contributed by atoms with Crippen LogP contribution in [-0.2, 0) is 38.9 Å². The lowest BCUT2D eigenvalue weighted by Gasteiger charge is -2.29. The molecule has 1 saturated heterocycles. The fraction of sp³-hybridized carbons (Fsp3) is 0.700. The molecule has 0 radical (unpaired) electrons. The number of H-pyrrole nitrogens is 1. The zero-order valence-corrected chi connectivity index (χ0v) is 26.2. The quantitative estimate of drug-likeness (QED) is 0.135. The number of aromatic nitrogens is 1. The van der Waals surface area contributed by atoms with Crippen LogP contribution < -0.4 is 11.1 Å². The zero-order valence-electron chi connectivity index (χ0n) is 26.2. The van der Waals surface area contributed by atoms with Crippen molar-refractivity contribution in [2.24, 2.45) is 22.1 Å². The fourth-order valence-electron chi connectivity index (χ4n) is 4.93. The summed E-state index contributed by atoms with van der Waals surface area (Å²) >= 11 is 0. The highest BCUT2D eigenvalue weighted by Gasteiger charge is 2.56. The van der Waals surface area contributed by atoms with Crippen LogP contribution in [0.25, 0.3) is 0 Å². The molecule has 6 N–H and O–H groups in total. The van der Waals surface area contributed by atoms with Gasteiger partial charge in [0.2, 0.25) is 0 Å². The van der Waals surface area contributed by atoms with Crippen molar-refractivity contribution < 1.29 is 38.4 Å². The molecule has 43 heavy (non-hydrogen) atoms. The van der Waals surface area contributed by atoms with Gasteiger partial charge in [-0.25, -0.2) is 4.99 Å². The third-order valence-corrected chi connectivity index (χ3v) is 8.12. The molecule has 0 spiro atoms. The Hall–Kier alpha value is -3.13. The van der Waals surface area contributed by atoms with Crippen LogP contribution in [0, 0.1) is 16.7 Å². The summed E-state index contributed by atoms with van der Waals surface area (Å²) in [5.74, 6) is -1.22. The van der Waals surface area contributed by atoms with E-state index in [0.717, 1.165) is 25.6 Å². The van der Waals surface area contributed by atoms with Crippen molar-refractivity contribution in [1.29, 1.82) is 5.41 Å². The standard InChI is InChI=1S/C30H47N5O8/c1-8-41-29(5,6)27(39)35-25(33-16-31)18-12-13-20(34-18)30(7)24(37)22(42-26(38)23(32)28(2,3)4)19(43-30)15-40-21(36)14-17-10-9-11-17/h12-13,16-17,19,22-24,34,37H,8-11,14-15,32H2,1-7H3,(H2,31,33,35,39)/t19-,22-,23-,24-,30+/m1/s1. The third-order valence-electron chi connectivity index (χ3n) is 8.12. The number of carbonyl (C=O) groups is 3. The van der Waals surface area contributed by atoms with Gasteiger partial charge in [-0.3, -0.25) is 19.8 Å². The molecule has 0 aromatic carbocycles. The molecule has 1 aromatic rings. The van der Waals surface area contributed by atoms with Crippen molar-refractivity contribution in [3.63, 3.8) is 0 Å². The molecular weight excluding hydrogens is 558 g/mol. The number of nitrogens with one attached hydrogen (secondary N) is 3. The molecule has 1 aromatic heterocycles. The minimum Gasteiger partial charge on any atom is -0.463 e. The van der Waals surface area contributed by atoms with E-state index < -0.39 is 52.8 Å². The Morgan fingerprint density at radius 3 is 2.51 bits per heavy atom. The SMILES string of the molecule is CCOC(C)(C)C(=O)N/C(=N/C=N)c1ccc([C@]2(C)O[C@H](COC(=O)CC3CCC3)[C@@H](OC(=O)[C@@H](N)C(C)(C)C)[C@H]2O)[nH]1. The molecule has 2 fully saturated rings. The summed E-state index contributed by atoms with van der Waals surface area (Å²) in [4.78, 5) is 45.4. The van der Waals surface area contributed by atoms with Gasteiger partial charge in [0.25, 0.3) is 5.91 Å². The molecule has 0 bridgehead atoms. The Kier molecular flexibility index (Phi) is 10.9. The Morgan fingerprint density at radius 1 is 1.28 bits per heavy atom. The average Bonchev–Trinajstić information content (AvgIpc) is 3.49. The van der Waals surface area contributed by atoms with E-state index >= 15 is 0 Å². The summed E-state index contributed by atoms with van der Waals surface area (Å²) in [6.07, 6.45) is 0.572. The monoisotopic (exact) mass is 605 g/mol. The number of nitrogens with two attached hydrogens (primary N) is 1. The third kappa shape index (κ3) is 8.08. The van der Waals surface area contributed by atoms with E-state index in [4.69, 9.17) is 30.1 Å². The summed E-state index contributed by atoms with van der Waals surface area (Å²) in [6, 6.07) is 2.26. The van der Waals surface area contributed by atoms with Crippen molar-refractivity contribution in [1.82, 2.24) is 10.3 Å². The smallest absolute Gasteiger partial charge is 0.323 e. The van der Waals surface area contributed by atoms with Crippen molar-refractivity contribution in [3.8, 4) is 0 Å². The van der Waals surface area contributed by atoms with E-state index in [2.05, 4.69) is 15.3 Å². The lowest BCUT2D eigenvalue weighted by Crippen LogP contribution is -2.49. The Morgan fingerprint density at radius 2 is 1.95 bits per heavy atom. The number of aliphatic hydroxyl groups excluding tert-OH is 1. The van der Waals surface area contributed by atoms with Crippen LogP contribution in [0.1, 0.15) is 85.5 Å². The van der Waals surface area contributed by atoms with Gasteiger partial charge in [0, 0.05) is 13.0 Å². The number of esters is 2. The van der Waals surface area contributed by atoms with E-state index in [9.17, 15) is 19.5 Å². The van der Waals surface area contributed by atoms with Gasteiger partial charge in [-0.05, 0) is 64.0 Å². The van der Waals surface area contributed by atoms with Gasteiger partial charge in [-0.15, -0.1) is 0 Å². The average molecular weight is 606 g/mol. The molecule has 2 aliphatic rings. The van der Waals surface area contributed by atoms with Crippen LogP contribution in [0.3, 0.4) is 0 Å². The first-order valence-corrected chi connectivity index (χ1v) is 14.7. The van der Waals surface area contributed by atoms with E-state index in [1.54, 1.807) is 60.6 Å². The maximum Gasteiger partial charge on any atom is 0.323 e. The topological polar surface area (TPSA) is 198 Å². The number of hydrogen-bond donors (Lipinski definition) is 5. The number of aromatic amines is 1. The van der Waals surface area contributed by atoms with E-state index in [1.807, 2.05) is 0 Å². The van der Waals surface area contributed by atoms with Crippen molar-refractivity contribution in [3.05, 3.63) is 23.5 Å². The van der Waals surface area contributed by atoms with Crippen LogP contribution in [0.2, 0.25) is 0 Å². The Bertz CT molecular complexity index is 1200. The number of aliphatic imine (C=N–C) groups is 1. The summed E-state index contributed by atoms with van der Waals surface area (Å²) in [7, 11) is 0. The summed E-state index contributed by atoms with van der Waals surface area (Å²) < 4.78 is 23.0. The minimum absolute atomic E-state index is 0.0516. The summed E-state index contributed by atoms with van der Waals surface area (Å²) in [6.45, 7) is 12.1. The first kappa shape index (κ1) is 34.4. The van der Waals surface area contributed by atoms with Crippen LogP contribution in [0.4, 0.5) is 0 Å². The predicted molar refractivity (Wildman–Crippen MR) is 158 cm³/mol. The second-order valence-corrected chi connectivity index (χ2v) is 12.9. The van der Waals surface area contributed by atoms with Crippen LogP contribution in [-0.4, -0.2) is 83.3 Å².